The van der Waals surface area contributed by atoms with Gasteiger partial charge in [-0.25, -0.2) is 9.37 Å². The van der Waals surface area contributed by atoms with Crippen LogP contribution >= 0.6 is 0 Å². The van der Waals surface area contributed by atoms with Crippen LogP contribution in [0.1, 0.15) is 41.8 Å². The first-order chi connectivity index (χ1) is 20.7. The van der Waals surface area contributed by atoms with Gasteiger partial charge in [0.05, 0.1) is 26.0 Å². The third kappa shape index (κ3) is 7.07. The Morgan fingerprint density at radius 1 is 1.09 bits per heavy atom. The van der Waals surface area contributed by atoms with E-state index >= 15 is 0 Å². The lowest BCUT2D eigenvalue weighted by molar-refractivity contribution is -0.132. The lowest BCUT2D eigenvalue weighted by Crippen LogP contribution is -2.40. The second-order valence-electron chi connectivity index (χ2n) is 11.2. The first-order valence-electron chi connectivity index (χ1n) is 14.8. The van der Waals surface area contributed by atoms with Gasteiger partial charge >= 0.3 is 0 Å². The highest BCUT2D eigenvalue weighted by atomic mass is 19.1. The molecule has 0 spiro atoms. The van der Waals surface area contributed by atoms with Crippen LogP contribution in [0, 0.1) is 19.7 Å². The number of aliphatic hydroxyl groups is 1. The average Bonchev–Trinajstić information content (AvgIpc) is 3.33. The fourth-order valence-corrected chi connectivity index (χ4v) is 5.79. The van der Waals surface area contributed by atoms with Gasteiger partial charge in [0, 0.05) is 55.8 Å². The Morgan fingerprint density at radius 2 is 1.84 bits per heavy atom. The zero-order chi connectivity index (χ0) is 30.5. The average molecular weight is 590 g/mol. The summed E-state index contributed by atoms with van der Waals surface area (Å²) < 4.78 is 26.8. The largest absolute Gasteiger partial charge is 0.496 e. The fourth-order valence-electron chi connectivity index (χ4n) is 5.79. The molecular formula is C33H40FN5O4. The molecule has 0 aliphatic carbocycles. The molecule has 1 saturated heterocycles. The quantitative estimate of drug-likeness (QED) is 0.268. The number of fused-ring (bicyclic) bond motifs is 1. The van der Waals surface area contributed by atoms with Crippen molar-refractivity contribution in [1.29, 1.82) is 0 Å². The second kappa shape index (κ2) is 13.4. The van der Waals surface area contributed by atoms with Gasteiger partial charge in [0.1, 0.15) is 28.7 Å². The molecule has 1 amide bonds. The molecule has 2 aromatic heterocycles. The van der Waals surface area contributed by atoms with Crippen LogP contribution in [-0.2, 0) is 24.3 Å². The summed E-state index contributed by atoms with van der Waals surface area (Å²) in [5.74, 6) is 1.69. The summed E-state index contributed by atoms with van der Waals surface area (Å²) in [6, 6.07) is 14.1. The van der Waals surface area contributed by atoms with Crippen molar-refractivity contribution in [1.82, 2.24) is 19.7 Å². The normalized spacial score (nSPS) is 15.1. The van der Waals surface area contributed by atoms with Gasteiger partial charge in [0.15, 0.2) is 0 Å². The van der Waals surface area contributed by atoms with Crippen LogP contribution in [0.15, 0.2) is 48.5 Å². The van der Waals surface area contributed by atoms with Gasteiger partial charge < -0.3 is 24.4 Å². The maximum absolute atomic E-state index is 13.8. The van der Waals surface area contributed by atoms with E-state index in [0.29, 0.717) is 49.6 Å². The van der Waals surface area contributed by atoms with Crippen molar-refractivity contribution in [2.45, 2.75) is 58.7 Å². The van der Waals surface area contributed by atoms with E-state index in [1.54, 1.807) is 26.4 Å². The number of carbonyl (C=O) groups excluding carboxylic acids is 1. The summed E-state index contributed by atoms with van der Waals surface area (Å²) in [6.07, 6.45) is 1.97. The number of aromatic nitrogens is 3. The number of ether oxygens (including phenoxy) is 2. The number of halogens is 1. The second-order valence-corrected chi connectivity index (χ2v) is 11.2. The van der Waals surface area contributed by atoms with E-state index in [4.69, 9.17) is 14.5 Å². The molecule has 4 aromatic rings. The highest BCUT2D eigenvalue weighted by Gasteiger charge is 2.25. The minimum Gasteiger partial charge on any atom is -0.496 e. The van der Waals surface area contributed by atoms with Gasteiger partial charge in [-0.3, -0.25) is 9.48 Å². The van der Waals surface area contributed by atoms with E-state index in [0.717, 1.165) is 53.1 Å². The van der Waals surface area contributed by atoms with Crippen LogP contribution in [0.3, 0.4) is 0 Å². The van der Waals surface area contributed by atoms with Gasteiger partial charge in [-0.15, -0.1) is 0 Å². The van der Waals surface area contributed by atoms with Crippen molar-refractivity contribution in [2.24, 2.45) is 0 Å². The summed E-state index contributed by atoms with van der Waals surface area (Å²) in [5, 5.41) is 15.8. The number of nitrogens with zero attached hydrogens (tertiary/aromatic N) is 5. The number of amides is 1. The van der Waals surface area contributed by atoms with Crippen LogP contribution in [0.2, 0.25) is 0 Å². The zero-order valence-corrected chi connectivity index (χ0v) is 25.3. The highest BCUT2D eigenvalue weighted by Crippen LogP contribution is 2.36. The third-order valence-electron chi connectivity index (χ3n) is 8.04. The number of β-amino-alcohol motifs (C(OH)–C–C–N with tert-alkyl or cyclic N) is 1. The molecule has 1 aliphatic rings. The van der Waals surface area contributed by atoms with Crippen molar-refractivity contribution in [3.05, 3.63) is 76.9 Å². The smallest absolute Gasteiger partial charge is 0.224 e. The number of pyridine rings is 1. The number of rotatable bonds is 11. The van der Waals surface area contributed by atoms with Crippen LogP contribution in [-0.4, -0.2) is 70.6 Å². The summed E-state index contributed by atoms with van der Waals surface area (Å²) in [7, 11) is 3.23. The Bertz CT molecular complexity index is 1570. The molecule has 2 aromatic carbocycles. The zero-order valence-electron chi connectivity index (χ0n) is 25.3. The van der Waals surface area contributed by atoms with Crippen LogP contribution in [0.25, 0.3) is 10.9 Å². The SMILES string of the molecule is COc1ccc(OC)c2nc(N3CCCC(O)C3)c(CN(CCc3ccc(F)cc3)C(=O)CCn3nc(C)cc3C)cc12. The molecule has 228 valence electrons. The first-order valence-corrected chi connectivity index (χ1v) is 14.8. The highest BCUT2D eigenvalue weighted by molar-refractivity contribution is 5.92. The van der Waals surface area contributed by atoms with Gasteiger partial charge in [-0.2, -0.15) is 5.10 Å². The molecule has 3 heterocycles. The Labute approximate surface area is 251 Å². The summed E-state index contributed by atoms with van der Waals surface area (Å²) in [6.45, 7) is 6.35. The van der Waals surface area contributed by atoms with Gasteiger partial charge in [-0.05, 0) is 75.1 Å². The molecular weight excluding hydrogens is 549 g/mol. The minimum atomic E-state index is -0.455. The number of carbonyl (C=O) groups is 1. The Morgan fingerprint density at radius 3 is 2.51 bits per heavy atom. The summed E-state index contributed by atoms with van der Waals surface area (Å²) >= 11 is 0. The third-order valence-corrected chi connectivity index (χ3v) is 8.04. The van der Waals surface area contributed by atoms with Crippen molar-refractivity contribution in [3.63, 3.8) is 0 Å². The molecule has 9 nitrogen and oxygen atoms in total. The monoisotopic (exact) mass is 589 g/mol. The lowest BCUT2D eigenvalue weighted by Gasteiger charge is -2.34. The van der Waals surface area contributed by atoms with E-state index in [2.05, 4.69) is 10.00 Å². The molecule has 0 bridgehead atoms. The van der Waals surface area contributed by atoms with Crippen LogP contribution < -0.4 is 14.4 Å². The number of piperidine rings is 1. The van der Waals surface area contributed by atoms with Crippen molar-refractivity contribution in [2.75, 3.05) is 38.8 Å². The maximum atomic E-state index is 13.8. The molecule has 0 radical (unpaired) electrons. The van der Waals surface area contributed by atoms with E-state index in [1.165, 1.54) is 12.1 Å². The van der Waals surface area contributed by atoms with Gasteiger partial charge in [-0.1, -0.05) is 12.1 Å². The van der Waals surface area contributed by atoms with Gasteiger partial charge in [0.25, 0.3) is 0 Å². The summed E-state index contributed by atoms with van der Waals surface area (Å²) in [4.78, 5) is 22.9. The number of anilines is 1. The molecule has 5 rings (SSSR count). The van der Waals surface area contributed by atoms with Crippen LogP contribution in [0.5, 0.6) is 11.5 Å². The maximum Gasteiger partial charge on any atom is 0.224 e. The van der Waals surface area contributed by atoms with Crippen molar-refractivity contribution < 1.29 is 23.8 Å². The predicted molar refractivity (Wildman–Crippen MR) is 164 cm³/mol. The molecule has 1 atom stereocenters. The van der Waals surface area contributed by atoms with Crippen LogP contribution in [0.4, 0.5) is 10.2 Å². The number of benzene rings is 2. The van der Waals surface area contributed by atoms with Crippen molar-refractivity contribution >= 4 is 22.6 Å². The number of hydrogen-bond acceptors (Lipinski definition) is 7. The molecule has 10 heteroatoms. The van der Waals surface area contributed by atoms with E-state index in [9.17, 15) is 14.3 Å². The molecule has 43 heavy (non-hydrogen) atoms. The number of methoxy groups -OCH3 is 2. The molecule has 1 N–H and O–H groups in total. The Kier molecular flexibility index (Phi) is 9.45. The van der Waals surface area contributed by atoms with Gasteiger partial charge in [0.2, 0.25) is 5.91 Å². The number of aliphatic hydroxyl groups excluding tert-OH is 1. The fraction of sp³-hybridized carbons (Fsp3) is 0.424. The van der Waals surface area contributed by atoms with E-state index < -0.39 is 6.10 Å². The minimum absolute atomic E-state index is 0.0167. The number of aryl methyl sites for hydroxylation is 3. The lowest BCUT2D eigenvalue weighted by atomic mass is 10.0. The number of hydrogen-bond donors (Lipinski definition) is 1. The predicted octanol–water partition coefficient (Wildman–Crippen LogP) is 4.83. The summed E-state index contributed by atoms with van der Waals surface area (Å²) in [5.41, 5.74) is 4.38. The van der Waals surface area contributed by atoms with E-state index in [-0.39, 0.29) is 18.1 Å². The van der Waals surface area contributed by atoms with Crippen molar-refractivity contribution in [3.8, 4) is 11.5 Å². The Hall–Kier alpha value is -4.18. The standard InChI is InChI=1S/C33H40FN5O4/c1-22-18-23(2)39(36-22)17-14-31(41)37(16-13-24-7-9-26(34)10-8-24)20-25-19-28-29(42-3)11-12-30(43-4)32(28)35-33(25)38-15-5-6-27(40)21-38/h7-12,18-19,27,40H,5-6,13-17,20-21H2,1-4H3. The molecule has 1 aliphatic heterocycles. The molecule has 1 fully saturated rings. The Balaban J connectivity index is 1.51. The molecule has 0 saturated carbocycles. The topological polar surface area (TPSA) is 93.0 Å². The molecule has 1 unspecified atom stereocenters. The van der Waals surface area contributed by atoms with E-state index in [1.807, 2.05) is 47.7 Å². The first kappa shape index (κ1) is 30.3.